The number of aryl methyl sites for hydroxylation is 1. The first-order valence-electron chi connectivity index (χ1n) is 6.60. The van der Waals surface area contributed by atoms with E-state index in [2.05, 4.69) is 4.98 Å². The van der Waals surface area contributed by atoms with Gasteiger partial charge in [0.1, 0.15) is 12.4 Å². The highest BCUT2D eigenvalue weighted by molar-refractivity contribution is 7.11. The number of ketones is 1. The minimum atomic E-state index is -1.03. The SMILES string of the molecule is O=C(O)c1nc(COc2ccc3c(c2)CCCC3=O)cs1. The zero-order chi connectivity index (χ0) is 14.8. The Morgan fingerprint density at radius 2 is 2.24 bits per heavy atom. The predicted molar refractivity (Wildman–Crippen MR) is 77.1 cm³/mol. The fraction of sp³-hybridized carbons (Fsp3) is 0.267. The van der Waals surface area contributed by atoms with Crippen molar-refractivity contribution in [1.29, 1.82) is 0 Å². The lowest BCUT2D eigenvalue weighted by Crippen LogP contribution is -2.10. The van der Waals surface area contributed by atoms with Crippen molar-refractivity contribution in [2.45, 2.75) is 25.9 Å². The molecule has 1 aliphatic rings. The topological polar surface area (TPSA) is 76.5 Å². The molecule has 0 aliphatic heterocycles. The maximum Gasteiger partial charge on any atom is 0.365 e. The minimum absolute atomic E-state index is 0.0598. The van der Waals surface area contributed by atoms with Gasteiger partial charge in [-0.15, -0.1) is 11.3 Å². The van der Waals surface area contributed by atoms with Crippen LogP contribution in [0.5, 0.6) is 5.75 Å². The highest BCUT2D eigenvalue weighted by Gasteiger charge is 2.17. The molecule has 108 valence electrons. The summed E-state index contributed by atoms with van der Waals surface area (Å²) in [4.78, 5) is 26.5. The maximum atomic E-state index is 11.7. The Kier molecular flexibility index (Phi) is 3.70. The van der Waals surface area contributed by atoms with Crippen molar-refractivity contribution < 1.29 is 19.4 Å². The average molecular weight is 303 g/mol. The number of thiazole rings is 1. The molecule has 0 saturated carbocycles. The highest BCUT2D eigenvalue weighted by Crippen LogP contribution is 2.26. The van der Waals surface area contributed by atoms with E-state index in [-0.39, 0.29) is 17.4 Å². The molecule has 0 atom stereocenters. The first-order valence-corrected chi connectivity index (χ1v) is 7.48. The van der Waals surface area contributed by atoms with Gasteiger partial charge < -0.3 is 9.84 Å². The van der Waals surface area contributed by atoms with Gasteiger partial charge in [0.25, 0.3) is 0 Å². The van der Waals surface area contributed by atoms with E-state index in [0.717, 1.165) is 35.3 Å². The summed E-state index contributed by atoms with van der Waals surface area (Å²) in [5, 5.41) is 10.5. The number of Topliss-reactive ketones (excluding diaryl/α,β-unsaturated/α-hetero) is 1. The Labute approximate surface area is 125 Å². The number of aromatic nitrogens is 1. The molecule has 0 amide bonds. The molecular formula is C15H13NO4S. The fourth-order valence-corrected chi connectivity index (χ4v) is 2.98. The molecule has 0 radical (unpaired) electrons. The molecule has 0 fully saturated rings. The van der Waals surface area contributed by atoms with Crippen molar-refractivity contribution in [3.63, 3.8) is 0 Å². The molecular weight excluding hydrogens is 290 g/mol. The number of rotatable bonds is 4. The summed E-state index contributed by atoms with van der Waals surface area (Å²) in [5.41, 5.74) is 2.40. The maximum absolute atomic E-state index is 11.7. The number of hydrogen-bond acceptors (Lipinski definition) is 5. The van der Waals surface area contributed by atoms with Crippen LogP contribution in [0.1, 0.15) is 44.3 Å². The summed E-state index contributed by atoms with van der Waals surface area (Å²) < 4.78 is 5.63. The first-order chi connectivity index (χ1) is 10.1. The Morgan fingerprint density at radius 3 is 3.00 bits per heavy atom. The molecule has 1 heterocycles. The van der Waals surface area contributed by atoms with E-state index in [9.17, 15) is 9.59 Å². The van der Waals surface area contributed by atoms with Crippen molar-refractivity contribution in [3.8, 4) is 5.75 Å². The Hall–Kier alpha value is -2.21. The van der Waals surface area contributed by atoms with E-state index in [1.807, 2.05) is 6.07 Å². The minimum Gasteiger partial charge on any atom is -0.487 e. The largest absolute Gasteiger partial charge is 0.487 e. The number of carbonyl (C=O) groups excluding carboxylic acids is 1. The standard InChI is InChI=1S/C15H13NO4S/c17-13-3-1-2-9-6-11(4-5-12(9)13)20-7-10-8-21-14(16-10)15(18)19/h4-6,8H,1-3,7H2,(H,18,19). The summed E-state index contributed by atoms with van der Waals surface area (Å²) in [6.07, 6.45) is 2.38. The number of aromatic carboxylic acids is 1. The van der Waals surface area contributed by atoms with Crippen molar-refractivity contribution in [2.24, 2.45) is 0 Å². The lowest BCUT2D eigenvalue weighted by Gasteiger charge is -2.15. The van der Waals surface area contributed by atoms with Crippen molar-refractivity contribution in [2.75, 3.05) is 0 Å². The highest BCUT2D eigenvalue weighted by atomic mass is 32.1. The number of carboxylic acid groups (broad SMARTS) is 1. The van der Waals surface area contributed by atoms with Gasteiger partial charge in [0.15, 0.2) is 5.78 Å². The summed E-state index contributed by atoms with van der Waals surface area (Å²) >= 11 is 1.08. The summed E-state index contributed by atoms with van der Waals surface area (Å²) in [6, 6.07) is 5.46. The van der Waals surface area contributed by atoms with Crippen LogP contribution in [-0.2, 0) is 13.0 Å². The third kappa shape index (κ3) is 2.95. The van der Waals surface area contributed by atoms with Crippen LogP contribution in [0.15, 0.2) is 23.6 Å². The number of fused-ring (bicyclic) bond motifs is 1. The second-order valence-electron chi connectivity index (χ2n) is 4.83. The van der Waals surface area contributed by atoms with Crippen LogP contribution in [0, 0.1) is 0 Å². The van der Waals surface area contributed by atoms with Crippen LogP contribution in [-0.4, -0.2) is 21.8 Å². The summed E-state index contributed by atoms with van der Waals surface area (Å²) in [6.45, 7) is 0.219. The molecule has 6 heteroatoms. The van der Waals surface area contributed by atoms with Gasteiger partial charge >= 0.3 is 5.97 Å². The predicted octanol–water partition coefficient (Wildman–Crippen LogP) is 2.94. The molecule has 0 saturated heterocycles. The van der Waals surface area contributed by atoms with Gasteiger partial charge in [0, 0.05) is 17.4 Å². The fourth-order valence-electron chi connectivity index (χ4n) is 2.34. The van der Waals surface area contributed by atoms with Crippen LogP contribution < -0.4 is 4.74 Å². The van der Waals surface area contributed by atoms with E-state index in [4.69, 9.17) is 9.84 Å². The van der Waals surface area contributed by atoms with Crippen LogP contribution in [0.25, 0.3) is 0 Å². The number of carbonyl (C=O) groups is 2. The molecule has 0 spiro atoms. The number of carboxylic acids is 1. The van der Waals surface area contributed by atoms with E-state index in [1.54, 1.807) is 17.5 Å². The monoisotopic (exact) mass is 303 g/mol. The van der Waals surface area contributed by atoms with Gasteiger partial charge in [0.05, 0.1) is 5.69 Å². The zero-order valence-electron chi connectivity index (χ0n) is 11.2. The second kappa shape index (κ2) is 5.65. The molecule has 5 nitrogen and oxygen atoms in total. The smallest absolute Gasteiger partial charge is 0.365 e. The Bertz CT molecular complexity index is 707. The molecule has 0 unspecified atom stereocenters. The van der Waals surface area contributed by atoms with E-state index in [1.165, 1.54) is 0 Å². The van der Waals surface area contributed by atoms with Gasteiger partial charge in [-0.25, -0.2) is 9.78 Å². The lowest BCUT2D eigenvalue weighted by molar-refractivity contribution is 0.0695. The third-order valence-corrected chi connectivity index (χ3v) is 4.23. The van der Waals surface area contributed by atoms with Crippen LogP contribution in [0.4, 0.5) is 0 Å². The second-order valence-corrected chi connectivity index (χ2v) is 5.69. The van der Waals surface area contributed by atoms with Crippen LogP contribution >= 0.6 is 11.3 Å². The van der Waals surface area contributed by atoms with Crippen molar-refractivity contribution in [1.82, 2.24) is 4.98 Å². The van der Waals surface area contributed by atoms with E-state index in [0.29, 0.717) is 17.9 Å². The quantitative estimate of drug-likeness (QED) is 0.939. The van der Waals surface area contributed by atoms with Crippen LogP contribution in [0.2, 0.25) is 0 Å². The summed E-state index contributed by atoms with van der Waals surface area (Å²) in [5.74, 6) is -0.166. The number of nitrogens with zero attached hydrogens (tertiary/aromatic N) is 1. The lowest BCUT2D eigenvalue weighted by atomic mass is 9.91. The number of benzene rings is 1. The van der Waals surface area contributed by atoms with Gasteiger partial charge in [-0.2, -0.15) is 0 Å². The van der Waals surface area contributed by atoms with Crippen molar-refractivity contribution >= 4 is 23.1 Å². The third-order valence-electron chi connectivity index (χ3n) is 3.35. The number of ether oxygens (including phenoxy) is 1. The van der Waals surface area contributed by atoms with Crippen LogP contribution in [0.3, 0.4) is 0 Å². The normalized spacial score (nSPS) is 13.8. The molecule has 2 aromatic rings. The van der Waals surface area contributed by atoms with Gasteiger partial charge in [-0.05, 0) is 36.6 Å². The molecule has 21 heavy (non-hydrogen) atoms. The molecule has 0 bridgehead atoms. The molecule has 1 N–H and O–H groups in total. The zero-order valence-corrected chi connectivity index (χ0v) is 12.0. The summed E-state index contributed by atoms with van der Waals surface area (Å²) in [7, 11) is 0. The molecule has 1 aliphatic carbocycles. The van der Waals surface area contributed by atoms with Gasteiger partial charge in [-0.1, -0.05) is 0 Å². The molecule has 1 aromatic heterocycles. The first kappa shape index (κ1) is 13.8. The number of hydrogen-bond donors (Lipinski definition) is 1. The van der Waals surface area contributed by atoms with Gasteiger partial charge in [0.2, 0.25) is 5.01 Å². The average Bonchev–Trinajstić information content (AvgIpc) is 2.94. The van der Waals surface area contributed by atoms with Gasteiger partial charge in [-0.3, -0.25) is 4.79 Å². The van der Waals surface area contributed by atoms with E-state index >= 15 is 0 Å². The molecule has 3 rings (SSSR count). The Morgan fingerprint density at radius 1 is 1.38 bits per heavy atom. The molecule has 1 aromatic carbocycles. The van der Waals surface area contributed by atoms with E-state index < -0.39 is 5.97 Å². The Balaban J connectivity index is 1.70. The van der Waals surface area contributed by atoms with Crippen molar-refractivity contribution in [3.05, 3.63) is 45.4 Å².